The van der Waals surface area contributed by atoms with Crippen LogP contribution in [0.2, 0.25) is 0 Å². The Labute approximate surface area is 131 Å². The van der Waals surface area contributed by atoms with E-state index in [2.05, 4.69) is 0 Å². The molecule has 0 aliphatic heterocycles. The molecule has 23 heavy (non-hydrogen) atoms. The molecule has 4 heteroatoms. The first-order valence-electron chi connectivity index (χ1n) is 7.01. The van der Waals surface area contributed by atoms with Gasteiger partial charge in [0, 0.05) is 11.1 Å². The molecule has 0 saturated carbocycles. The third kappa shape index (κ3) is 2.80. The number of halogens is 3. The third-order valence-electron chi connectivity index (χ3n) is 3.74. The first-order chi connectivity index (χ1) is 11.0. The largest absolute Gasteiger partial charge is 0.508 e. The van der Waals surface area contributed by atoms with Gasteiger partial charge in [0.05, 0.1) is 0 Å². The SMILES string of the molecule is Cc1ccc(-c2ccc(-c3ccc(O)cc3)cc2F)c(F)c1F. The number of phenols is 1. The summed E-state index contributed by atoms with van der Waals surface area (Å²) >= 11 is 0. The maximum absolute atomic E-state index is 14.4. The van der Waals surface area contributed by atoms with Crippen molar-refractivity contribution in [3.8, 4) is 28.0 Å². The molecule has 0 bridgehead atoms. The van der Waals surface area contributed by atoms with Gasteiger partial charge in [-0.25, -0.2) is 13.2 Å². The monoisotopic (exact) mass is 314 g/mol. The number of aryl methyl sites for hydroxylation is 1. The lowest BCUT2D eigenvalue weighted by molar-refractivity contribution is 0.475. The molecule has 0 saturated heterocycles. The Bertz CT molecular complexity index is 871. The number of aromatic hydroxyl groups is 1. The third-order valence-corrected chi connectivity index (χ3v) is 3.74. The summed E-state index contributed by atoms with van der Waals surface area (Å²) in [7, 11) is 0. The Morgan fingerprint density at radius 3 is 1.96 bits per heavy atom. The summed E-state index contributed by atoms with van der Waals surface area (Å²) < 4.78 is 42.1. The summed E-state index contributed by atoms with van der Waals surface area (Å²) in [6, 6.07) is 13.4. The molecule has 3 aromatic carbocycles. The van der Waals surface area contributed by atoms with Crippen molar-refractivity contribution in [3.63, 3.8) is 0 Å². The van der Waals surface area contributed by atoms with Crippen LogP contribution in [-0.4, -0.2) is 5.11 Å². The van der Waals surface area contributed by atoms with Crippen molar-refractivity contribution in [2.45, 2.75) is 6.92 Å². The van der Waals surface area contributed by atoms with Gasteiger partial charge in [-0.2, -0.15) is 0 Å². The minimum absolute atomic E-state index is 0.00364. The molecule has 0 fully saturated rings. The highest BCUT2D eigenvalue weighted by molar-refractivity contribution is 5.71. The van der Waals surface area contributed by atoms with Crippen molar-refractivity contribution in [1.29, 1.82) is 0 Å². The van der Waals surface area contributed by atoms with Crippen LogP contribution in [0, 0.1) is 24.4 Å². The average Bonchev–Trinajstić information content (AvgIpc) is 2.54. The van der Waals surface area contributed by atoms with E-state index in [0.717, 1.165) is 0 Å². The number of rotatable bonds is 2. The molecule has 0 atom stereocenters. The van der Waals surface area contributed by atoms with Crippen molar-refractivity contribution < 1.29 is 18.3 Å². The normalized spacial score (nSPS) is 10.8. The quantitative estimate of drug-likeness (QED) is 0.666. The maximum Gasteiger partial charge on any atom is 0.167 e. The summed E-state index contributed by atoms with van der Waals surface area (Å²) in [6.07, 6.45) is 0. The molecule has 0 aliphatic rings. The summed E-state index contributed by atoms with van der Waals surface area (Å²) in [5, 5.41) is 9.28. The van der Waals surface area contributed by atoms with Crippen molar-refractivity contribution in [1.82, 2.24) is 0 Å². The van der Waals surface area contributed by atoms with Gasteiger partial charge in [-0.05, 0) is 41.8 Å². The number of phenolic OH excluding ortho intramolecular Hbond substituents is 1. The van der Waals surface area contributed by atoms with Gasteiger partial charge in [-0.3, -0.25) is 0 Å². The van der Waals surface area contributed by atoms with Crippen LogP contribution in [0.4, 0.5) is 13.2 Å². The maximum atomic E-state index is 14.4. The first kappa shape index (κ1) is 15.2. The molecule has 0 spiro atoms. The van der Waals surface area contributed by atoms with Crippen molar-refractivity contribution >= 4 is 0 Å². The zero-order valence-electron chi connectivity index (χ0n) is 12.3. The second kappa shape index (κ2) is 5.80. The van der Waals surface area contributed by atoms with Gasteiger partial charge in [0.25, 0.3) is 0 Å². The zero-order chi connectivity index (χ0) is 16.6. The van der Waals surface area contributed by atoms with Crippen LogP contribution in [0.15, 0.2) is 54.6 Å². The Balaban J connectivity index is 2.07. The molecule has 116 valence electrons. The first-order valence-corrected chi connectivity index (χ1v) is 7.01. The summed E-state index contributed by atoms with van der Waals surface area (Å²) in [5.41, 5.74) is 1.36. The Morgan fingerprint density at radius 1 is 0.696 bits per heavy atom. The molecule has 1 nitrogen and oxygen atoms in total. The molecule has 0 aliphatic carbocycles. The molecule has 0 aromatic heterocycles. The van der Waals surface area contributed by atoms with E-state index in [1.165, 1.54) is 43.3 Å². The van der Waals surface area contributed by atoms with Crippen molar-refractivity contribution in [2.75, 3.05) is 0 Å². The minimum atomic E-state index is -1.05. The van der Waals surface area contributed by atoms with Gasteiger partial charge in [0.1, 0.15) is 11.6 Å². The lowest BCUT2D eigenvalue weighted by Crippen LogP contribution is -1.95. The fraction of sp³-hybridized carbons (Fsp3) is 0.0526. The van der Waals surface area contributed by atoms with E-state index in [4.69, 9.17) is 0 Å². The average molecular weight is 314 g/mol. The second-order valence-electron chi connectivity index (χ2n) is 5.30. The van der Waals surface area contributed by atoms with Gasteiger partial charge in [-0.15, -0.1) is 0 Å². The fourth-order valence-corrected chi connectivity index (χ4v) is 2.42. The van der Waals surface area contributed by atoms with Gasteiger partial charge in [0.15, 0.2) is 11.6 Å². The van der Waals surface area contributed by atoms with Crippen molar-refractivity contribution in [2.24, 2.45) is 0 Å². The van der Waals surface area contributed by atoms with Crippen LogP contribution in [0.1, 0.15) is 5.56 Å². The number of benzene rings is 3. The van der Waals surface area contributed by atoms with Crippen molar-refractivity contribution in [3.05, 3.63) is 77.6 Å². The minimum Gasteiger partial charge on any atom is -0.508 e. The van der Waals surface area contributed by atoms with Crippen LogP contribution < -0.4 is 0 Å². The smallest absolute Gasteiger partial charge is 0.167 e. The molecular formula is C19H13F3O. The predicted molar refractivity (Wildman–Crippen MR) is 83.6 cm³/mol. The highest BCUT2D eigenvalue weighted by atomic mass is 19.2. The van der Waals surface area contributed by atoms with E-state index in [-0.39, 0.29) is 22.4 Å². The Kier molecular flexibility index (Phi) is 3.82. The summed E-state index contributed by atoms with van der Waals surface area (Å²) in [5.74, 6) is -2.55. The lowest BCUT2D eigenvalue weighted by atomic mass is 9.98. The van der Waals surface area contributed by atoms with Gasteiger partial charge in [0.2, 0.25) is 0 Å². The fourth-order valence-electron chi connectivity index (χ4n) is 2.42. The van der Waals surface area contributed by atoms with E-state index in [1.54, 1.807) is 18.2 Å². The molecule has 3 aromatic rings. The molecule has 0 heterocycles. The Morgan fingerprint density at radius 2 is 1.30 bits per heavy atom. The van der Waals surface area contributed by atoms with E-state index >= 15 is 0 Å². The summed E-state index contributed by atoms with van der Waals surface area (Å²) in [4.78, 5) is 0. The molecule has 0 radical (unpaired) electrons. The molecule has 1 N–H and O–H groups in total. The van der Waals surface area contributed by atoms with Crippen LogP contribution in [-0.2, 0) is 0 Å². The van der Waals surface area contributed by atoms with E-state index in [9.17, 15) is 18.3 Å². The van der Waals surface area contributed by atoms with Crippen LogP contribution in [0.25, 0.3) is 22.3 Å². The number of hydrogen-bond acceptors (Lipinski definition) is 1. The molecule has 0 amide bonds. The standard InChI is InChI=1S/C19H13F3O/c1-11-2-8-16(19(22)18(11)21)15-9-5-13(10-17(15)20)12-3-6-14(23)7-4-12/h2-10,23H,1H3. The van der Waals surface area contributed by atoms with Crippen LogP contribution in [0.5, 0.6) is 5.75 Å². The highest BCUT2D eigenvalue weighted by Gasteiger charge is 2.16. The Hall–Kier alpha value is -2.75. The van der Waals surface area contributed by atoms with E-state index in [1.807, 2.05) is 0 Å². The predicted octanol–water partition coefficient (Wildman–Crippen LogP) is 5.45. The van der Waals surface area contributed by atoms with Crippen LogP contribution in [0.3, 0.4) is 0 Å². The second-order valence-corrected chi connectivity index (χ2v) is 5.30. The van der Waals surface area contributed by atoms with Gasteiger partial charge < -0.3 is 5.11 Å². The zero-order valence-corrected chi connectivity index (χ0v) is 12.3. The lowest BCUT2D eigenvalue weighted by Gasteiger charge is -2.09. The molecular weight excluding hydrogens is 301 g/mol. The van der Waals surface area contributed by atoms with Crippen LogP contribution >= 0.6 is 0 Å². The van der Waals surface area contributed by atoms with Gasteiger partial charge in [-0.1, -0.05) is 36.4 Å². The van der Waals surface area contributed by atoms with Gasteiger partial charge >= 0.3 is 0 Å². The topological polar surface area (TPSA) is 20.2 Å². The molecule has 3 rings (SSSR count). The summed E-state index contributed by atoms with van der Waals surface area (Å²) in [6.45, 7) is 1.45. The van der Waals surface area contributed by atoms with E-state index < -0.39 is 17.5 Å². The highest BCUT2D eigenvalue weighted by Crippen LogP contribution is 2.31. The number of hydrogen-bond donors (Lipinski definition) is 1. The molecule has 0 unspecified atom stereocenters. The van der Waals surface area contributed by atoms with E-state index in [0.29, 0.717) is 11.1 Å².